The van der Waals surface area contributed by atoms with Gasteiger partial charge in [-0.1, -0.05) is 37.0 Å². The molecule has 1 heterocycles. The SMILES string of the molecule is CC(C)(C(O)COc1ccc(Cl)cc1Cl)C(Cl)c1ccc[nH]1. The maximum Gasteiger partial charge on any atom is 0.138 e. The third kappa shape index (κ3) is 3.90. The molecule has 2 aromatic rings. The summed E-state index contributed by atoms with van der Waals surface area (Å²) in [6, 6.07) is 8.72. The lowest BCUT2D eigenvalue weighted by molar-refractivity contribution is 0.00860. The first-order valence-electron chi connectivity index (χ1n) is 6.85. The van der Waals surface area contributed by atoms with Gasteiger partial charge >= 0.3 is 0 Å². The second kappa shape index (κ2) is 7.14. The Hall–Kier alpha value is -0.870. The van der Waals surface area contributed by atoms with Crippen LogP contribution in [-0.4, -0.2) is 22.8 Å². The Kier molecular flexibility index (Phi) is 5.67. The van der Waals surface area contributed by atoms with Crippen LogP contribution in [0, 0.1) is 5.41 Å². The van der Waals surface area contributed by atoms with Gasteiger partial charge in [0.2, 0.25) is 0 Å². The monoisotopic (exact) mass is 361 g/mol. The van der Waals surface area contributed by atoms with Crippen LogP contribution < -0.4 is 4.74 Å². The summed E-state index contributed by atoms with van der Waals surface area (Å²) in [7, 11) is 0. The highest BCUT2D eigenvalue weighted by Crippen LogP contribution is 2.41. The molecule has 0 aliphatic heterocycles. The molecule has 1 aromatic heterocycles. The number of aliphatic hydroxyl groups excluding tert-OH is 1. The van der Waals surface area contributed by atoms with Crippen LogP contribution in [0.5, 0.6) is 5.75 Å². The summed E-state index contributed by atoms with van der Waals surface area (Å²) in [6.45, 7) is 3.87. The quantitative estimate of drug-likeness (QED) is 0.705. The Morgan fingerprint density at radius 1 is 1.27 bits per heavy atom. The lowest BCUT2D eigenvalue weighted by Gasteiger charge is -2.34. The van der Waals surface area contributed by atoms with Gasteiger partial charge in [-0.2, -0.15) is 0 Å². The standard InChI is InChI=1S/C16H18Cl3NO2/c1-16(2,15(19)12-4-3-7-20-12)14(21)9-22-13-6-5-10(17)8-11(13)18/h3-8,14-15,20-21H,9H2,1-2H3. The summed E-state index contributed by atoms with van der Waals surface area (Å²) in [5.41, 5.74) is 0.265. The van der Waals surface area contributed by atoms with Gasteiger partial charge in [-0.05, 0) is 30.3 Å². The number of aliphatic hydroxyl groups is 1. The molecule has 0 amide bonds. The summed E-state index contributed by atoms with van der Waals surface area (Å²) in [5.74, 6) is 0.479. The molecule has 6 heteroatoms. The third-order valence-electron chi connectivity index (χ3n) is 3.70. The van der Waals surface area contributed by atoms with Crippen LogP contribution in [0.2, 0.25) is 10.0 Å². The lowest BCUT2D eigenvalue weighted by Crippen LogP contribution is -2.37. The number of hydrogen-bond donors (Lipinski definition) is 2. The number of aromatic amines is 1. The van der Waals surface area contributed by atoms with E-state index in [1.54, 1.807) is 24.4 Å². The molecule has 2 N–H and O–H groups in total. The number of rotatable bonds is 6. The summed E-state index contributed by atoms with van der Waals surface area (Å²) >= 11 is 18.4. The number of ether oxygens (including phenoxy) is 1. The van der Waals surface area contributed by atoms with E-state index in [0.29, 0.717) is 15.8 Å². The normalized spacial score (nSPS) is 14.6. The Morgan fingerprint density at radius 3 is 2.59 bits per heavy atom. The van der Waals surface area contributed by atoms with Crippen molar-refractivity contribution in [2.45, 2.75) is 25.3 Å². The average molecular weight is 363 g/mol. The zero-order chi connectivity index (χ0) is 16.3. The van der Waals surface area contributed by atoms with Gasteiger partial charge in [0.1, 0.15) is 12.4 Å². The van der Waals surface area contributed by atoms with Gasteiger partial charge in [0.25, 0.3) is 0 Å². The van der Waals surface area contributed by atoms with E-state index in [4.69, 9.17) is 39.5 Å². The molecule has 0 spiro atoms. The minimum Gasteiger partial charge on any atom is -0.489 e. The van der Waals surface area contributed by atoms with Crippen molar-refractivity contribution in [3.8, 4) is 5.75 Å². The number of benzene rings is 1. The molecule has 0 aliphatic carbocycles. The van der Waals surface area contributed by atoms with Gasteiger partial charge in [-0.25, -0.2) is 0 Å². The van der Waals surface area contributed by atoms with E-state index in [1.165, 1.54) is 0 Å². The Labute approximate surface area is 145 Å². The van der Waals surface area contributed by atoms with Crippen LogP contribution >= 0.6 is 34.8 Å². The van der Waals surface area contributed by atoms with Crippen molar-refractivity contribution in [2.75, 3.05) is 6.61 Å². The fourth-order valence-electron chi connectivity index (χ4n) is 2.05. The van der Waals surface area contributed by atoms with E-state index >= 15 is 0 Å². The van der Waals surface area contributed by atoms with Crippen LogP contribution in [0.4, 0.5) is 0 Å². The number of hydrogen-bond acceptors (Lipinski definition) is 2. The highest BCUT2D eigenvalue weighted by molar-refractivity contribution is 6.35. The van der Waals surface area contributed by atoms with E-state index < -0.39 is 11.5 Å². The smallest absolute Gasteiger partial charge is 0.138 e. The topological polar surface area (TPSA) is 45.2 Å². The second-order valence-corrected chi connectivity index (χ2v) is 6.99. The molecular weight excluding hydrogens is 345 g/mol. The molecule has 2 rings (SSSR count). The molecule has 0 saturated heterocycles. The van der Waals surface area contributed by atoms with E-state index in [9.17, 15) is 5.11 Å². The fraction of sp³-hybridized carbons (Fsp3) is 0.375. The van der Waals surface area contributed by atoms with Gasteiger partial charge in [-0.15, -0.1) is 11.6 Å². The van der Waals surface area contributed by atoms with Crippen molar-refractivity contribution in [1.82, 2.24) is 4.98 Å². The summed E-state index contributed by atoms with van der Waals surface area (Å²) < 4.78 is 5.60. The first kappa shape index (κ1) is 17.5. The molecule has 3 nitrogen and oxygen atoms in total. The molecule has 2 unspecified atom stereocenters. The first-order chi connectivity index (χ1) is 10.3. The Balaban J connectivity index is 2.02. The highest BCUT2D eigenvalue weighted by atomic mass is 35.5. The van der Waals surface area contributed by atoms with Crippen molar-refractivity contribution < 1.29 is 9.84 Å². The number of aromatic nitrogens is 1. The maximum absolute atomic E-state index is 10.5. The molecule has 2 atom stereocenters. The molecule has 0 bridgehead atoms. The predicted molar refractivity (Wildman–Crippen MR) is 91.1 cm³/mol. The van der Waals surface area contributed by atoms with Crippen LogP contribution in [0.3, 0.4) is 0 Å². The van der Waals surface area contributed by atoms with Crippen molar-refractivity contribution >= 4 is 34.8 Å². The molecule has 0 aliphatic rings. The van der Waals surface area contributed by atoms with Crippen LogP contribution in [0.25, 0.3) is 0 Å². The molecule has 22 heavy (non-hydrogen) atoms. The van der Waals surface area contributed by atoms with Gasteiger partial charge in [-0.3, -0.25) is 0 Å². The summed E-state index contributed by atoms with van der Waals surface area (Å²) in [5, 5.41) is 11.0. The van der Waals surface area contributed by atoms with Crippen molar-refractivity contribution in [2.24, 2.45) is 5.41 Å². The molecule has 120 valence electrons. The number of alkyl halides is 1. The maximum atomic E-state index is 10.5. The molecular formula is C16H18Cl3NO2. The zero-order valence-corrected chi connectivity index (χ0v) is 14.6. The first-order valence-corrected chi connectivity index (χ1v) is 8.05. The van der Waals surface area contributed by atoms with Crippen molar-refractivity contribution in [3.63, 3.8) is 0 Å². The van der Waals surface area contributed by atoms with Crippen molar-refractivity contribution in [1.29, 1.82) is 0 Å². The predicted octanol–water partition coefficient (Wildman–Crippen LogP) is 5.07. The van der Waals surface area contributed by atoms with E-state index in [0.717, 1.165) is 5.69 Å². The van der Waals surface area contributed by atoms with E-state index in [1.807, 2.05) is 26.0 Å². The summed E-state index contributed by atoms with van der Waals surface area (Å²) in [6.07, 6.45) is 1.03. The van der Waals surface area contributed by atoms with Crippen LogP contribution in [-0.2, 0) is 0 Å². The fourth-order valence-corrected chi connectivity index (χ4v) is 2.79. The molecule has 1 aromatic carbocycles. The Bertz CT molecular complexity index is 614. The van der Waals surface area contributed by atoms with Gasteiger partial charge < -0.3 is 14.8 Å². The minimum absolute atomic E-state index is 0.0816. The second-order valence-electron chi connectivity index (χ2n) is 5.71. The minimum atomic E-state index is -0.773. The number of halogens is 3. The van der Waals surface area contributed by atoms with Crippen LogP contribution in [0.1, 0.15) is 24.9 Å². The number of nitrogens with one attached hydrogen (secondary N) is 1. The summed E-state index contributed by atoms with van der Waals surface area (Å²) in [4.78, 5) is 3.07. The van der Waals surface area contributed by atoms with Gasteiger partial charge in [0.15, 0.2) is 0 Å². The zero-order valence-electron chi connectivity index (χ0n) is 12.3. The van der Waals surface area contributed by atoms with E-state index in [2.05, 4.69) is 4.98 Å². The van der Waals surface area contributed by atoms with Crippen molar-refractivity contribution in [3.05, 3.63) is 52.3 Å². The molecule has 0 fully saturated rings. The average Bonchev–Trinajstić information content (AvgIpc) is 2.99. The largest absolute Gasteiger partial charge is 0.489 e. The highest BCUT2D eigenvalue weighted by Gasteiger charge is 2.37. The Morgan fingerprint density at radius 2 is 2.00 bits per heavy atom. The lowest BCUT2D eigenvalue weighted by atomic mass is 9.81. The van der Waals surface area contributed by atoms with Crippen LogP contribution in [0.15, 0.2) is 36.5 Å². The third-order valence-corrected chi connectivity index (χ3v) is 5.03. The van der Waals surface area contributed by atoms with Gasteiger partial charge in [0, 0.05) is 22.3 Å². The molecule has 0 saturated carbocycles. The number of H-pyrrole nitrogens is 1. The van der Waals surface area contributed by atoms with Gasteiger partial charge in [0.05, 0.1) is 16.5 Å². The van der Waals surface area contributed by atoms with E-state index in [-0.39, 0.29) is 12.0 Å². The molecule has 0 radical (unpaired) electrons.